The third-order valence-electron chi connectivity index (χ3n) is 3.08. The van der Waals surface area contributed by atoms with Gasteiger partial charge in [0.05, 0.1) is 0 Å². The minimum Gasteiger partial charge on any atom is -0.381 e. The van der Waals surface area contributed by atoms with Crippen molar-refractivity contribution < 1.29 is 4.74 Å². The summed E-state index contributed by atoms with van der Waals surface area (Å²) in [6, 6.07) is 5.55. The minimum absolute atomic E-state index is 0.229. The van der Waals surface area contributed by atoms with Crippen molar-refractivity contribution in [3.8, 4) is 0 Å². The average molecular weight is 260 g/mol. The molecule has 0 atom stereocenters. The van der Waals surface area contributed by atoms with Crippen LogP contribution in [0.25, 0.3) is 0 Å². The number of ether oxygens (including phenoxy) is 1. The Bertz CT molecular complexity index is 355. The van der Waals surface area contributed by atoms with E-state index in [0.717, 1.165) is 38.0 Å². The van der Waals surface area contributed by atoms with Crippen molar-refractivity contribution in [3.63, 3.8) is 0 Å². The van der Waals surface area contributed by atoms with Gasteiger partial charge in [-0.25, -0.2) is 0 Å². The van der Waals surface area contributed by atoms with Crippen LogP contribution in [0.15, 0.2) is 18.2 Å². The van der Waals surface area contributed by atoms with Gasteiger partial charge in [0.1, 0.15) is 0 Å². The Morgan fingerprint density at radius 3 is 2.31 bits per heavy atom. The monoisotopic (exact) mass is 259 g/mol. The van der Waals surface area contributed by atoms with Gasteiger partial charge in [0.15, 0.2) is 0 Å². The molecule has 0 aromatic heterocycles. The fraction of sp³-hybridized carbons (Fsp3) is 0.500. The predicted octanol–water partition coefficient (Wildman–Crippen LogP) is 3.04. The minimum atomic E-state index is -0.229. The highest BCUT2D eigenvalue weighted by Crippen LogP contribution is 2.31. The summed E-state index contributed by atoms with van der Waals surface area (Å²) in [6.07, 6.45) is 2.43. The molecule has 1 heterocycles. The van der Waals surface area contributed by atoms with Crippen LogP contribution in [0.4, 0.5) is 0 Å². The molecule has 4 heteroatoms. The molecule has 0 aliphatic carbocycles. The lowest BCUT2D eigenvalue weighted by molar-refractivity contribution is 0.0533. The topological polar surface area (TPSA) is 35.2 Å². The van der Waals surface area contributed by atoms with E-state index >= 15 is 0 Å². The summed E-state index contributed by atoms with van der Waals surface area (Å²) in [7, 11) is 0. The number of nitrogens with two attached hydrogens (primary N) is 1. The quantitative estimate of drug-likeness (QED) is 0.887. The van der Waals surface area contributed by atoms with Crippen LogP contribution in [0.1, 0.15) is 18.4 Å². The maximum absolute atomic E-state index is 6.33. The zero-order chi connectivity index (χ0) is 11.6. The SMILES string of the molecule is NC1(Cc2c(Cl)cccc2Cl)CCOCC1. The number of hydrogen-bond acceptors (Lipinski definition) is 2. The maximum Gasteiger partial charge on any atom is 0.0483 e. The van der Waals surface area contributed by atoms with Crippen molar-refractivity contribution in [3.05, 3.63) is 33.8 Å². The summed E-state index contributed by atoms with van der Waals surface area (Å²) >= 11 is 12.3. The second kappa shape index (κ2) is 4.92. The van der Waals surface area contributed by atoms with E-state index in [1.165, 1.54) is 0 Å². The Labute approximate surface area is 106 Å². The van der Waals surface area contributed by atoms with E-state index in [4.69, 9.17) is 33.7 Å². The third-order valence-corrected chi connectivity index (χ3v) is 3.79. The summed E-state index contributed by atoms with van der Waals surface area (Å²) in [5, 5.41) is 1.40. The Hall–Kier alpha value is -0.280. The lowest BCUT2D eigenvalue weighted by atomic mass is 9.85. The van der Waals surface area contributed by atoms with E-state index in [1.807, 2.05) is 18.2 Å². The first-order valence-electron chi connectivity index (χ1n) is 5.40. The van der Waals surface area contributed by atoms with Crippen LogP contribution < -0.4 is 5.73 Å². The van der Waals surface area contributed by atoms with Gasteiger partial charge in [0.25, 0.3) is 0 Å². The van der Waals surface area contributed by atoms with Gasteiger partial charge in [-0.2, -0.15) is 0 Å². The molecule has 0 unspecified atom stereocenters. The molecule has 2 nitrogen and oxygen atoms in total. The van der Waals surface area contributed by atoms with Gasteiger partial charge in [-0.15, -0.1) is 0 Å². The molecule has 1 aliphatic heterocycles. The van der Waals surface area contributed by atoms with Crippen LogP contribution in [0, 0.1) is 0 Å². The van der Waals surface area contributed by atoms with Gasteiger partial charge in [0, 0.05) is 28.8 Å². The number of halogens is 2. The maximum atomic E-state index is 6.33. The largest absolute Gasteiger partial charge is 0.381 e. The molecular weight excluding hydrogens is 245 g/mol. The van der Waals surface area contributed by atoms with E-state index in [0.29, 0.717) is 10.0 Å². The van der Waals surface area contributed by atoms with Gasteiger partial charge in [-0.3, -0.25) is 0 Å². The fourth-order valence-electron chi connectivity index (χ4n) is 2.01. The van der Waals surface area contributed by atoms with Gasteiger partial charge < -0.3 is 10.5 Å². The molecule has 1 fully saturated rings. The first kappa shape index (κ1) is 12.2. The van der Waals surface area contributed by atoms with Gasteiger partial charge in [-0.1, -0.05) is 29.3 Å². The van der Waals surface area contributed by atoms with E-state index in [1.54, 1.807) is 0 Å². The molecule has 0 amide bonds. The van der Waals surface area contributed by atoms with E-state index in [-0.39, 0.29) is 5.54 Å². The summed E-state index contributed by atoms with van der Waals surface area (Å²) in [5.74, 6) is 0. The summed E-state index contributed by atoms with van der Waals surface area (Å²) in [6.45, 7) is 1.44. The summed E-state index contributed by atoms with van der Waals surface area (Å²) in [5.41, 5.74) is 7.06. The van der Waals surface area contributed by atoms with Crippen molar-refractivity contribution in [1.29, 1.82) is 0 Å². The van der Waals surface area contributed by atoms with Crippen LogP contribution in [0.5, 0.6) is 0 Å². The van der Waals surface area contributed by atoms with Crippen molar-refractivity contribution in [2.45, 2.75) is 24.8 Å². The lowest BCUT2D eigenvalue weighted by Crippen LogP contribution is -2.47. The molecule has 1 saturated heterocycles. The normalized spacial score (nSPS) is 19.7. The van der Waals surface area contributed by atoms with Crippen LogP contribution in [-0.4, -0.2) is 18.8 Å². The van der Waals surface area contributed by atoms with Crippen molar-refractivity contribution in [1.82, 2.24) is 0 Å². The Kier molecular flexibility index (Phi) is 3.75. The molecule has 1 aliphatic rings. The highest BCUT2D eigenvalue weighted by Gasteiger charge is 2.29. The number of hydrogen-bond donors (Lipinski definition) is 1. The fourth-order valence-corrected chi connectivity index (χ4v) is 2.54. The molecule has 88 valence electrons. The Morgan fingerprint density at radius 2 is 1.75 bits per heavy atom. The highest BCUT2D eigenvalue weighted by molar-refractivity contribution is 6.36. The summed E-state index contributed by atoms with van der Waals surface area (Å²) in [4.78, 5) is 0. The second-order valence-corrected chi connectivity index (χ2v) is 5.17. The van der Waals surface area contributed by atoms with Gasteiger partial charge in [-0.05, 0) is 37.0 Å². The molecule has 1 aromatic rings. The molecule has 0 saturated carbocycles. The first-order chi connectivity index (χ1) is 7.61. The number of rotatable bonds is 2. The molecular formula is C12H15Cl2NO. The molecule has 0 radical (unpaired) electrons. The van der Waals surface area contributed by atoms with Gasteiger partial charge >= 0.3 is 0 Å². The predicted molar refractivity (Wildman–Crippen MR) is 67.1 cm³/mol. The highest BCUT2D eigenvalue weighted by atomic mass is 35.5. The smallest absolute Gasteiger partial charge is 0.0483 e. The third kappa shape index (κ3) is 2.69. The number of benzene rings is 1. The lowest BCUT2D eigenvalue weighted by Gasteiger charge is -2.34. The standard InChI is InChI=1S/C12H15Cl2NO/c13-10-2-1-3-11(14)9(10)8-12(15)4-6-16-7-5-12/h1-3H,4-8,15H2. The van der Waals surface area contributed by atoms with Crippen LogP contribution in [0.2, 0.25) is 10.0 Å². The summed E-state index contributed by atoms with van der Waals surface area (Å²) < 4.78 is 5.32. The molecule has 2 N–H and O–H groups in total. The Balaban J connectivity index is 2.19. The van der Waals surface area contributed by atoms with Crippen LogP contribution in [0.3, 0.4) is 0 Å². The molecule has 0 bridgehead atoms. The molecule has 0 spiro atoms. The molecule has 1 aromatic carbocycles. The van der Waals surface area contributed by atoms with Gasteiger partial charge in [0.2, 0.25) is 0 Å². The van der Waals surface area contributed by atoms with Crippen molar-refractivity contribution in [2.24, 2.45) is 5.73 Å². The van der Waals surface area contributed by atoms with E-state index in [2.05, 4.69) is 0 Å². The molecule has 16 heavy (non-hydrogen) atoms. The second-order valence-electron chi connectivity index (χ2n) is 4.35. The van der Waals surface area contributed by atoms with E-state index in [9.17, 15) is 0 Å². The van der Waals surface area contributed by atoms with E-state index < -0.39 is 0 Å². The molecule has 2 rings (SSSR count). The first-order valence-corrected chi connectivity index (χ1v) is 6.16. The van der Waals surface area contributed by atoms with Crippen molar-refractivity contribution in [2.75, 3.05) is 13.2 Å². The van der Waals surface area contributed by atoms with Crippen LogP contribution in [-0.2, 0) is 11.2 Å². The Morgan fingerprint density at radius 1 is 1.19 bits per heavy atom. The zero-order valence-corrected chi connectivity index (χ0v) is 10.5. The van der Waals surface area contributed by atoms with Crippen LogP contribution >= 0.6 is 23.2 Å². The average Bonchev–Trinajstić information content (AvgIpc) is 2.25. The zero-order valence-electron chi connectivity index (χ0n) is 9.01. The van der Waals surface area contributed by atoms with Crippen molar-refractivity contribution >= 4 is 23.2 Å².